The van der Waals surface area contributed by atoms with Gasteiger partial charge in [-0.3, -0.25) is 9.52 Å². The second kappa shape index (κ2) is 8.97. The molecule has 0 spiro atoms. The Bertz CT molecular complexity index is 1100. The lowest BCUT2D eigenvalue weighted by Gasteiger charge is -2.26. The van der Waals surface area contributed by atoms with Crippen LogP contribution in [-0.4, -0.2) is 37.3 Å². The van der Waals surface area contributed by atoms with Gasteiger partial charge >= 0.3 is 0 Å². The molecule has 0 saturated carbocycles. The van der Waals surface area contributed by atoms with Crippen molar-refractivity contribution in [3.63, 3.8) is 0 Å². The van der Waals surface area contributed by atoms with E-state index in [4.69, 9.17) is 0 Å². The molecule has 1 aromatic heterocycles. The van der Waals surface area contributed by atoms with Crippen LogP contribution in [0.1, 0.15) is 24.1 Å². The topological polar surface area (TPSA) is 79.4 Å². The fourth-order valence-corrected chi connectivity index (χ4v) is 5.52. The van der Waals surface area contributed by atoms with Gasteiger partial charge in [-0.2, -0.15) is 0 Å². The molecule has 0 unspecified atom stereocenters. The Morgan fingerprint density at radius 2 is 1.63 bits per heavy atom. The summed E-state index contributed by atoms with van der Waals surface area (Å²) in [6, 6.07) is 16.5. The van der Waals surface area contributed by atoms with E-state index in [2.05, 4.69) is 9.71 Å². The average Bonchev–Trinajstić information content (AvgIpc) is 3.21. The number of amides is 1. The summed E-state index contributed by atoms with van der Waals surface area (Å²) >= 11 is 1.20. The molecule has 1 saturated heterocycles. The van der Waals surface area contributed by atoms with Crippen LogP contribution in [0.3, 0.4) is 0 Å². The Labute approximate surface area is 180 Å². The van der Waals surface area contributed by atoms with Gasteiger partial charge in [0, 0.05) is 24.2 Å². The number of rotatable bonds is 6. The van der Waals surface area contributed by atoms with Gasteiger partial charge in [0.25, 0.3) is 10.0 Å². The highest BCUT2D eigenvalue weighted by molar-refractivity contribution is 7.93. The zero-order chi connectivity index (χ0) is 21.0. The molecule has 2 heterocycles. The monoisotopic (exact) mass is 441 g/mol. The first-order valence-electron chi connectivity index (χ1n) is 9.92. The number of carbonyl (C=O) groups is 1. The van der Waals surface area contributed by atoms with E-state index in [0.29, 0.717) is 0 Å². The highest BCUT2D eigenvalue weighted by Crippen LogP contribution is 2.25. The molecule has 30 heavy (non-hydrogen) atoms. The van der Waals surface area contributed by atoms with Crippen LogP contribution < -0.4 is 4.72 Å². The van der Waals surface area contributed by atoms with Gasteiger partial charge in [-0.25, -0.2) is 13.4 Å². The molecule has 0 aliphatic carbocycles. The number of likely N-dealkylation sites (tertiary alicyclic amines) is 1. The third-order valence-electron chi connectivity index (χ3n) is 5.08. The van der Waals surface area contributed by atoms with Crippen LogP contribution >= 0.6 is 11.3 Å². The van der Waals surface area contributed by atoms with E-state index in [1.165, 1.54) is 17.8 Å². The van der Waals surface area contributed by atoms with Gasteiger partial charge in [-0.15, -0.1) is 11.3 Å². The van der Waals surface area contributed by atoms with Crippen LogP contribution in [-0.2, 0) is 21.2 Å². The van der Waals surface area contributed by atoms with Crippen LogP contribution in [0.2, 0.25) is 0 Å². The SMILES string of the molecule is O=C(Cc1cnc(NS(=O)(=O)c2ccc(-c3ccccc3)cc2)s1)N1CCCCC1. The molecule has 8 heteroatoms. The first kappa shape index (κ1) is 20.6. The van der Waals surface area contributed by atoms with Crippen molar-refractivity contribution >= 4 is 32.4 Å². The van der Waals surface area contributed by atoms with E-state index in [1.807, 2.05) is 35.2 Å². The van der Waals surface area contributed by atoms with Gasteiger partial charge in [0.05, 0.1) is 11.3 Å². The minimum absolute atomic E-state index is 0.0734. The summed E-state index contributed by atoms with van der Waals surface area (Å²) in [5, 5.41) is 0.267. The molecule has 1 amide bonds. The fourth-order valence-electron chi connectivity index (χ4n) is 3.47. The highest BCUT2D eigenvalue weighted by atomic mass is 32.2. The second-order valence-corrected chi connectivity index (χ2v) is 10.0. The van der Waals surface area contributed by atoms with Crippen LogP contribution in [0.15, 0.2) is 65.7 Å². The van der Waals surface area contributed by atoms with E-state index < -0.39 is 10.0 Å². The summed E-state index contributed by atoms with van der Waals surface area (Å²) in [6.45, 7) is 1.60. The van der Waals surface area contributed by atoms with Crippen molar-refractivity contribution < 1.29 is 13.2 Å². The number of sulfonamides is 1. The van der Waals surface area contributed by atoms with Crippen molar-refractivity contribution in [3.05, 3.63) is 65.7 Å². The fraction of sp³-hybridized carbons (Fsp3) is 0.273. The van der Waals surface area contributed by atoms with Crippen molar-refractivity contribution in [1.82, 2.24) is 9.88 Å². The molecule has 1 aliphatic rings. The number of aromatic nitrogens is 1. The van der Waals surface area contributed by atoms with Crippen molar-refractivity contribution in [1.29, 1.82) is 0 Å². The van der Waals surface area contributed by atoms with E-state index >= 15 is 0 Å². The largest absolute Gasteiger partial charge is 0.342 e. The number of piperidine rings is 1. The molecule has 2 aromatic carbocycles. The summed E-state index contributed by atoms with van der Waals surface area (Å²) in [7, 11) is -3.75. The van der Waals surface area contributed by atoms with Gasteiger partial charge < -0.3 is 4.90 Å². The van der Waals surface area contributed by atoms with Gasteiger partial charge in [-0.05, 0) is 42.5 Å². The molecular weight excluding hydrogens is 418 g/mol. The molecule has 4 rings (SSSR count). The van der Waals surface area contributed by atoms with Gasteiger partial charge in [-0.1, -0.05) is 42.5 Å². The zero-order valence-corrected chi connectivity index (χ0v) is 18.1. The number of hydrogen-bond acceptors (Lipinski definition) is 5. The van der Waals surface area contributed by atoms with Crippen molar-refractivity contribution in [2.75, 3.05) is 17.8 Å². The number of nitrogens with one attached hydrogen (secondary N) is 1. The summed E-state index contributed by atoms with van der Waals surface area (Å²) in [5.41, 5.74) is 1.97. The molecule has 1 aliphatic heterocycles. The lowest BCUT2D eigenvalue weighted by atomic mass is 10.1. The predicted octanol–water partition coefficient (Wildman–Crippen LogP) is 4.17. The Morgan fingerprint density at radius 3 is 2.33 bits per heavy atom. The number of hydrogen-bond donors (Lipinski definition) is 1. The van der Waals surface area contributed by atoms with Crippen LogP contribution in [0.25, 0.3) is 11.1 Å². The molecule has 0 radical (unpaired) electrons. The number of nitrogens with zero attached hydrogens (tertiary/aromatic N) is 2. The maximum absolute atomic E-state index is 12.7. The molecule has 1 fully saturated rings. The highest BCUT2D eigenvalue weighted by Gasteiger charge is 2.20. The van der Waals surface area contributed by atoms with Gasteiger partial charge in [0.1, 0.15) is 0 Å². The molecule has 0 bridgehead atoms. The third kappa shape index (κ3) is 4.88. The Morgan fingerprint density at radius 1 is 0.967 bits per heavy atom. The van der Waals surface area contributed by atoms with E-state index in [1.54, 1.807) is 30.5 Å². The van der Waals surface area contributed by atoms with E-state index in [-0.39, 0.29) is 22.4 Å². The second-order valence-electron chi connectivity index (χ2n) is 7.25. The third-order valence-corrected chi connectivity index (χ3v) is 7.48. The smallest absolute Gasteiger partial charge is 0.263 e. The average molecular weight is 442 g/mol. The van der Waals surface area contributed by atoms with Crippen LogP contribution in [0.4, 0.5) is 5.13 Å². The van der Waals surface area contributed by atoms with Crippen LogP contribution in [0, 0.1) is 0 Å². The molecular formula is C22H23N3O3S2. The zero-order valence-electron chi connectivity index (χ0n) is 16.5. The van der Waals surface area contributed by atoms with Crippen molar-refractivity contribution in [2.24, 2.45) is 0 Å². The van der Waals surface area contributed by atoms with Crippen LogP contribution in [0.5, 0.6) is 0 Å². The minimum Gasteiger partial charge on any atom is -0.342 e. The first-order chi connectivity index (χ1) is 14.5. The Hall–Kier alpha value is -2.71. The number of benzene rings is 2. The van der Waals surface area contributed by atoms with E-state index in [9.17, 15) is 13.2 Å². The maximum atomic E-state index is 12.7. The normalized spacial score (nSPS) is 14.5. The summed E-state index contributed by atoms with van der Waals surface area (Å²) in [5.74, 6) is 0.0734. The van der Waals surface area contributed by atoms with Crippen molar-refractivity contribution in [2.45, 2.75) is 30.6 Å². The Balaban J connectivity index is 1.41. The first-order valence-corrected chi connectivity index (χ1v) is 12.2. The van der Waals surface area contributed by atoms with Crippen molar-refractivity contribution in [3.8, 4) is 11.1 Å². The molecule has 156 valence electrons. The number of anilines is 1. The quantitative estimate of drug-likeness (QED) is 0.623. The molecule has 0 atom stereocenters. The maximum Gasteiger partial charge on any atom is 0.263 e. The minimum atomic E-state index is -3.75. The predicted molar refractivity (Wildman–Crippen MR) is 119 cm³/mol. The molecule has 1 N–H and O–H groups in total. The molecule has 3 aromatic rings. The van der Waals surface area contributed by atoms with Gasteiger partial charge in [0.2, 0.25) is 5.91 Å². The van der Waals surface area contributed by atoms with Gasteiger partial charge in [0.15, 0.2) is 5.13 Å². The Kier molecular flexibility index (Phi) is 6.15. The summed E-state index contributed by atoms with van der Waals surface area (Å²) in [6.07, 6.45) is 5.09. The number of thiazole rings is 1. The standard InChI is InChI=1S/C22H23N3O3S2/c26-21(25-13-5-2-6-14-25)15-19-16-23-22(29-19)24-30(27,28)20-11-9-18(10-12-20)17-7-3-1-4-8-17/h1,3-4,7-12,16H,2,5-6,13-15H2,(H,23,24). The summed E-state index contributed by atoms with van der Waals surface area (Å²) < 4.78 is 27.9. The lowest BCUT2D eigenvalue weighted by Crippen LogP contribution is -2.36. The summed E-state index contributed by atoms with van der Waals surface area (Å²) in [4.78, 5) is 19.3. The molecule has 6 nitrogen and oxygen atoms in total. The lowest BCUT2D eigenvalue weighted by molar-refractivity contribution is -0.131. The number of carbonyl (C=O) groups excluding carboxylic acids is 1. The van der Waals surface area contributed by atoms with E-state index in [0.717, 1.165) is 41.9 Å².